The number of aliphatic hydroxyl groups is 1. The first-order valence-corrected chi connectivity index (χ1v) is 11.3. The second-order valence-electron chi connectivity index (χ2n) is 8.60. The van der Waals surface area contributed by atoms with Gasteiger partial charge in [0, 0.05) is 27.9 Å². The van der Waals surface area contributed by atoms with Crippen molar-refractivity contribution in [3.63, 3.8) is 0 Å². The van der Waals surface area contributed by atoms with E-state index in [4.69, 9.17) is 0 Å². The molecule has 32 heavy (non-hydrogen) atoms. The molecule has 0 radical (unpaired) electrons. The molecule has 0 bridgehead atoms. The van der Waals surface area contributed by atoms with E-state index >= 15 is 0 Å². The number of phenols is 1. The number of aromatic nitrogens is 2. The van der Waals surface area contributed by atoms with Gasteiger partial charge in [0.25, 0.3) is 5.91 Å². The molecule has 0 saturated carbocycles. The van der Waals surface area contributed by atoms with Crippen molar-refractivity contribution in [2.75, 3.05) is 11.5 Å². The lowest BCUT2D eigenvalue weighted by molar-refractivity contribution is 0.0988. The first-order valence-electron chi connectivity index (χ1n) is 10.4. The molecule has 0 fully saturated rings. The summed E-state index contributed by atoms with van der Waals surface area (Å²) in [6, 6.07) is 16.4. The summed E-state index contributed by atoms with van der Waals surface area (Å²) in [6.07, 6.45) is 0. The van der Waals surface area contributed by atoms with E-state index in [0.29, 0.717) is 28.2 Å². The lowest BCUT2D eigenvalue weighted by Crippen LogP contribution is -2.31. The fraction of sp³-hybridized carbons (Fsp3) is 0.200. The Bertz CT molecular complexity index is 1280. The smallest absolute Gasteiger partial charge is 0.280 e. The molecule has 2 aromatic carbocycles. The van der Waals surface area contributed by atoms with Crippen molar-refractivity contribution in [3.05, 3.63) is 87.9 Å². The molecular weight excluding hydrogens is 422 g/mol. The third-order valence-electron chi connectivity index (χ3n) is 6.06. The minimum absolute atomic E-state index is 0.104. The van der Waals surface area contributed by atoms with Crippen LogP contribution < -0.4 is 4.90 Å². The minimum Gasteiger partial charge on any atom is -0.508 e. The minimum atomic E-state index is -0.637. The third kappa shape index (κ3) is 3.13. The van der Waals surface area contributed by atoms with E-state index in [9.17, 15) is 15.0 Å². The summed E-state index contributed by atoms with van der Waals surface area (Å²) in [4.78, 5) is 15.2. The highest BCUT2D eigenvalue weighted by Gasteiger charge is 2.46. The summed E-state index contributed by atoms with van der Waals surface area (Å²) < 4.78 is 0. The highest BCUT2D eigenvalue weighted by molar-refractivity contribution is 7.08. The quantitative estimate of drug-likeness (QED) is 0.409. The molecule has 2 aromatic heterocycles. The van der Waals surface area contributed by atoms with Gasteiger partial charge < -0.3 is 10.2 Å². The number of para-hydroxylation sites is 1. The molecule has 1 amide bonds. The molecule has 1 unspecified atom stereocenters. The summed E-state index contributed by atoms with van der Waals surface area (Å²) in [6.45, 7) is 3.68. The maximum absolute atomic E-state index is 13.5. The van der Waals surface area contributed by atoms with Gasteiger partial charge in [-0.2, -0.15) is 16.4 Å². The SMILES string of the molecule is CC(C)(CO)c1[nH]nc2c1C(c1ccccc1O)N(c1ccc(-c3ccsc3)cc1)C2=O. The largest absolute Gasteiger partial charge is 0.508 e. The van der Waals surface area contributed by atoms with E-state index in [2.05, 4.69) is 21.6 Å². The number of aromatic amines is 1. The highest BCUT2D eigenvalue weighted by Crippen LogP contribution is 2.47. The topological polar surface area (TPSA) is 89.4 Å². The van der Waals surface area contributed by atoms with E-state index in [-0.39, 0.29) is 18.3 Å². The van der Waals surface area contributed by atoms with E-state index in [1.807, 2.05) is 55.6 Å². The molecule has 0 aliphatic carbocycles. The van der Waals surface area contributed by atoms with Crippen LogP contribution in [0.2, 0.25) is 0 Å². The Morgan fingerprint density at radius 2 is 1.84 bits per heavy atom. The molecule has 0 spiro atoms. The maximum atomic E-state index is 13.5. The van der Waals surface area contributed by atoms with Gasteiger partial charge in [-0.3, -0.25) is 14.8 Å². The number of anilines is 1. The van der Waals surface area contributed by atoms with Gasteiger partial charge in [0.2, 0.25) is 0 Å². The van der Waals surface area contributed by atoms with Crippen LogP contribution in [0.15, 0.2) is 65.4 Å². The molecule has 5 rings (SSSR count). The predicted molar refractivity (Wildman–Crippen MR) is 125 cm³/mol. The number of aliphatic hydroxyl groups excluding tert-OH is 1. The van der Waals surface area contributed by atoms with Crippen LogP contribution in [0.1, 0.15) is 47.2 Å². The Morgan fingerprint density at radius 1 is 1.09 bits per heavy atom. The number of nitrogens with zero attached hydrogens (tertiary/aromatic N) is 2. The average molecular weight is 446 g/mol. The van der Waals surface area contributed by atoms with Gasteiger partial charge in [-0.25, -0.2) is 0 Å². The molecule has 0 saturated heterocycles. The molecular formula is C25H23N3O3S. The van der Waals surface area contributed by atoms with Gasteiger partial charge in [-0.05, 0) is 46.2 Å². The molecule has 162 valence electrons. The number of hydrogen-bond donors (Lipinski definition) is 3. The van der Waals surface area contributed by atoms with Gasteiger partial charge in [0.15, 0.2) is 5.69 Å². The summed E-state index contributed by atoms with van der Waals surface area (Å²) in [7, 11) is 0. The monoisotopic (exact) mass is 445 g/mol. The first kappa shape index (κ1) is 20.5. The number of H-pyrrole nitrogens is 1. The lowest BCUT2D eigenvalue weighted by atomic mass is 9.84. The number of benzene rings is 2. The van der Waals surface area contributed by atoms with E-state index in [0.717, 1.165) is 11.1 Å². The number of thiophene rings is 1. The molecule has 1 aliphatic heterocycles. The summed E-state index contributed by atoms with van der Waals surface area (Å²) in [5.41, 5.74) is 4.59. The van der Waals surface area contributed by atoms with Gasteiger partial charge >= 0.3 is 0 Å². The van der Waals surface area contributed by atoms with Crippen molar-refractivity contribution >= 4 is 22.9 Å². The van der Waals surface area contributed by atoms with Crippen LogP contribution in [-0.4, -0.2) is 32.9 Å². The van der Waals surface area contributed by atoms with Crippen LogP contribution in [0.5, 0.6) is 5.75 Å². The third-order valence-corrected chi connectivity index (χ3v) is 6.74. The second-order valence-corrected chi connectivity index (χ2v) is 9.38. The van der Waals surface area contributed by atoms with Crippen molar-refractivity contribution in [1.29, 1.82) is 0 Å². The van der Waals surface area contributed by atoms with Crippen LogP contribution >= 0.6 is 11.3 Å². The zero-order valence-electron chi connectivity index (χ0n) is 17.7. The molecule has 1 atom stereocenters. The molecule has 6 nitrogen and oxygen atoms in total. The number of phenolic OH excluding ortho intramolecular Hbond substituents is 1. The molecule has 1 aliphatic rings. The standard InChI is InChI=1S/C25H23N3O3S/c1-25(2,14-29)23-20-21(26-27-23)24(31)28(22(20)18-5-3-4-6-19(18)30)17-9-7-15(8-10-17)16-11-12-32-13-16/h3-13,22,29-30H,14H2,1-2H3,(H,26,27). The Labute approximate surface area is 189 Å². The zero-order valence-corrected chi connectivity index (χ0v) is 18.6. The Hall–Kier alpha value is -3.42. The van der Waals surface area contributed by atoms with Crippen LogP contribution in [0.25, 0.3) is 11.1 Å². The maximum Gasteiger partial charge on any atom is 0.280 e. The number of hydrogen-bond acceptors (Lipinski definition) is 5. The Kier molecular flexibility index (Phi) is 4.87. The number of rotatable bonds is 5. The number of amides is 1. The van der Waals surface area contributed by atoms with Gasteiger partial charge in [0.05, 0.1) is 12.6 Å². The molecule has 3 N–H and O–H groups in total. The number of nitrogens with one attached hydrogen (secondary N) is 1. The molecule has 3 heterocycles. The van der Waals surface area contributed by atoms with Gasteiger partial charge in [0.1, 0.15) is 5.75 Å². The number of fused-ring (bicyclic) bond motifs is 1. The van der Waals surface area contributed by atoms with Gasteiger partial charge in [-0.1, -0.05) is 44.2 Å². The zero-order chi connectivity index (χ0) is 22.5. The number of carbonyl (C=O) groups is 1. The average Bonchev–Trinajstić information content (AvgIpc) is 3.53. The summed E-state index contributed by atoms with van der Waals surface area (Å²) >= 11 is 1.64. The fourth-order valence-corrected chi connectivity index (χ4v) is 4.92. The van der Waals surface area contributed by atoms with Crippen molar-refractivity contribution in [3.8, 4) is 16.9 Å². The molecule has 4 aromatic rings. The van der Waals surface area contributed by atoms with Crippen LogP contribution in [0.3, 0.4) is 0 Å². The Morgan fingerprint density at radius 3 is 2.50 bits per heavy atom. The lowest BCUT2D eigenvalue weighted by Gasteiger charge is -2.29. The summed E-state index contributed by atoms with van der Waals surface area (Å²) in [5, 5.41) is 32.1. The van der Waals surface area contributed by atoms with E-state index in [1.165, 1.54) is 0 Å². The van der Waals surface area contributed by atoms with Crippen LogP contribution in [-0.2, 0) is 5.41 Å². The van der Waals surface area contributed by atoms with E-state index in [1.54, 1.807) is 28.4 Å². The van der Waals surface area contributed by atoms with Crippen molar-refractivity contribution in [1.82, 2.24) is 10.2 Å². The predicted octanol–water partition coefficient (Wildman–Crippen LogP) is 4.86. The van der Waals surface area contributed by atoms with Crippen molar-refractivity contribution < 1.29 is 15.0 Å². The number of aromatic hydroxyl groups is 1. The van der Waals surface area contributed by atoms with Crippen molar-refractivity contribution in [2.45, 2.75) is 25.3 Å². The van der Waals surface area contributed by atoms with Crippen molar-refractivity contribution in [2.24, 2.45) is 0 Å². The fourth-order valence-electron chi connectivity index (χ4n) is 4.26. The highest BCUT2D eigenvalue weighted by atomic mass is 32.1. The summed E-state index contributed by atoms with van der Waals surface area (Å²) in [5.74, 6) is -0.139. The second kappa shape index (κ2) is 7.62. The normalized spacial score (nSPS) is 15.9. The van der Waals surface area contributed by atoms with Crippen LogP contribution in [0, 0.1) is 0 Å². The first-order chi connectivity index (χ1) is 15.4. The molecule has 7 heteroatoms. The van der Waals surface area contributed by atoms with Crippen LogP contribution in [0.4, 0.5) is 5.69 Å². The van der Waals surface area contributed by atoms with Gasteiger partial charge in [-0.15, -0.1) is 0 Å². The van der Waals surface area contributed by atoms with E-state index < -0.39 is 11.5 Å². The number of carbonyl (C=O) groups excluding carboxylic acids is 1. The Balaban J connectivity index is 1.67.